The molecule has 2 N–H and O–H groups in total. The molecule has 0 heterocycles. The van der Waals surface area contributed by atoms with Crippen molar-refractivity contribution in [2.24, 2.45) is 0 Å². The third-order valence-electron chi connectivity index (χ3n) is 1.98. The predicted octanol–water partition coefficient (Wildman–Crippen LogP) is 1.44. The van der Waals surface area contributed by atoms with E-state index in [0.29, 0.717) is 0 Å². The van der Waals surface area contributed by atoms with E-state index in [2.05, 4.69) is 10.6 Å². The van der Waals surface area contributed by atoms with Crippen LogP contribution in [0.1, 0.15) is 11.1 Å². The molecule has 0 saturated carbocycles. The highest BCUT2D eigenvalue weighted by Gasteiger charge is 1.97. The molecule has 1 rings (SSSR count). The Morgan fingerprint density at radius 2 is 2.00 bits per heavy atom. The summed E-state index contributed by atoms with van der Waals surface area (Å²) >= 11 is 0. The number of rotatable bonds is 5. The Hall–Kier alpha value is -0.930. The van der Waals surface area contributed by atoms with Crippen LogP contribution in [0.25, 0.3) is 0 Å². The highest BCUT2D eigenvalue weighted by atomic mass is 19.1. The monoisotopic (exact) mass is 196 g/mol. The maximum atomic E-state index is 13.0. The molecule has 14 heavy (non-hydrogen) atoms. The number of aryl methyl sites for hydroxylation is 1. The van der Waals surface area contributed by atoms with E-state index in [1.54, 1.807) is 6.07 Å². The molecule has 0 aliphatic heterocycles. The van der Waals surface area contributed by atoms with Gasteiger partial charge in [-0.25, -0.2) is 4.39 Å². The molecule has 0 amide bonds. The van der Waals surface area contributed by atoms with E-state index in [1.807, 2.05) is 20.0 Å². The van der Waals surface area contributed by atoms with Gasteiger partial charge in [-0.15, -0.1) is 0 Å². The van der Waals surface area contributed by atoms with Crippen molar-refractivity contribution in [2.45, 2.75) is 13.5 Å². The maximum Gasteiger partial charge on any atom is 0.123 e. The van der Waals surface area contributed by atoms with Crippen molar-refractivity contribution in [1.29, 1.82) is 0 Å². The van der Waals surface area contributed by atoms with E-state index in [1.165, 1.54) is 6.07 Å². The normalized spacial score (nSPS) is 10.5. The fraction of sp³-hybridized carbons (Fsp3) is 0.455. The molecule has 0 fully saturated rings. The second-order valence-electron chi connectivity index (χ2n) is 3.42. The predicted molar refractivity (Wildman–Crippen MR) is 56.8 cm³/mol. The molecule has 0 spiro atoms. The Morgan fingerprint density at radius 1 is 1.21 bits per heavy atom. The van der Waals surface area contributed by atoms with Gasteiger partial charge < -0.3 is 10.6 Å². The standard InChI is InChI=1S/C11H17FN2/c1-9-5-10(7-11(12)6-9)8-14-4-3-13-2/h5-7,13-14H,3-4,8H2,1-2H3. The topological polar surface area (TPSA) is 24.1 Å². The first-order chi connectivity index (χ1) is 6.72. The molecular weight excluding hydrogens is 179 g/mol. The molecule has 0 aliphatic carbocycles. The number of likely N-dealkylation sites (N-methyl/N-ethyl adjacent to an activating group) is 1. The van der Waals surface area contributed by atoms with Gasteiger partial charge in [-0.2, -0.15) is 0 Å². The van der Waals surface area contributed by atoms with Crippen molar-refractivity contribution in [2.75, 3.05) is 20.1 Å². The summed E-state index contributed by atoms with van der Waals surface area (Å²) in [6.45, 7) is 4.45. The van der Waals surface area contributed by atoms with Gasteiger partial charge in [-0.3, -0.25) is 0 Å². The van der Waals surface area contributed by atoms with E-state index in [0.717, 1.165) is 30.8 Å². The number of hydrogen-bond acceptors (Lipinski definition) is 2. The minimum Gasteiger partial charge on any atom is -0.318 e. The summed E-state index contributed by atoms with van der Waals surface area (Å²) in [5, 5.41) is 6.27. The Kier molecular flexibility index (Phi) is 4.56. The van der Waals surface area contributed by atoms with E-state index in [4.69, 9.17) is 0 Å². The summed E-state index contributed by atoms with van der Waals surface area (Å²) < 4.78 is 13.0. The fourth-order valence-electron chi connectivity index (χ4n) is 1.36. The zero-order valence-corrected chi connectivity index (χ0v) is 8.73. The van der Waals surface area contributed by atoms with Crippen LogP contribution in [-0.2, 0) is 6.54 Å². The highest BCUT2D eigenvalue weighted by molar-refractivity contribution is 5.23. The molecule has 2 nitrogen and oxygen atoms in total. The van der Waals surface area contributed by atoms with Gasteiger partial charge in [-0.1, -0.05) is 6.07 Å². The second kappa shape index (κ2) is 5.73. The van der Waals surface area contributed by atoms with Gasteiger partial charge in [0, 0.05) is 19.6 Å². The first kappa shape index (κ1) is 11.1. The van der Waals surface area contributed by atoms with E-state index in [-0.39, 0.29) is 5.82 Å². The SMILES string of the molecule is CNCCNCc1cc(C)cc(F)c1. The van der Waals surface area contributed by atoms with Crippen LogP contribution in [-0.4, -0.2) is 20.1 Å². The van der Waals surface area contributed by atoms with Crippen molar-refractivity contribution in [3.05, 3.63) is 35.1 Å². The Bertz CT molecular complexity index is 266. The minimum atomic E-state index is -0.157. The lowest BCUT2D eigenvalue weighted by Crippen LogP contribution is -2.24. The minimum absolute atomic E-state index is 0.157. The molecule has 1 aromatic rings. The van der Waals surface area contributed by atoms with E-state index in [9.17, 15) is 4.39 Å². The Labute approximate surface area is 84.5 Å². The maximum absolute atomic E-state index is 13.0. The van der Waals surface area contributed by atoms with Crippen molar-refractivity contribution in [3.63, 3.8) is 0 Å². The molecule has 78 valence electrons. The average Bonchev–Trinajstić information content (AvgIpc) is 2.11. The van der Waals surface area contributed by atoms with Crippen molar-refractivity contribution in [3.8, 4) is 0 Å². The summed E-state index contributed by atoms with van der Waals surface area (Å²) in [6.07, 6.45) is 0. The molecule has 0 unspecified atom stereocenters. The summed E-state index contributed by atoms with van der Waals surface area (Å²) in [4.78, 5) is 0. The first-order valence-corrected chi connectivity index (χ1v) is 4.84. The van der Waals surface area contributed by atoms with Gasteiger partial charge in [0.2, 0.25) is 0 Å². The smallest absolute Gasteiger partial charge is 0.123 e. The van der Waals surface area contributed by atoms with E-state index >= 15 is 0 Å². The molecule has 0 radical (unpaired) electrons. The van der Waals surface area contributed by atoms with Gasteiger partial charge in [0.1, 0.15) is 5.82 Å². The van der Waals surface area contributed by atoms with Crippen LogP contribution < -0.4 is 10.6 Å². The molecular formula is C11H17FN2. The molecule has 0 aromatic heterocycles. The van der Waals surface area contributed by atoms with Crippen LogP contribution in [0.3, 0.4) is 0 Å². The third kappa shape index (κ3) is 3.85. The van der Waals surface area contributed by atoms with Crippen LogP contribution >= 0.6 is 0 Å². The Morgan fingerprint density at radius 3 is 2.64 bits per heavy atom. The lowest BCUT2D eigenvalue weighted by Gasteiger charge is -2.05. The van der Waals surface area contributed by atoms with Gasteiger partial charge in [0.15, 0.2) is 0 Å². The van der Waals surface area contributed by atoms with Gasteiger partial charge >= 0.3 is 0 Å². The molecule has 0 aliphatic rings. The number of hydrogen-bond donors (Lipinski definition) is 2. The summed E-state index contributed by atoms with van der Waals surface area (Å²) in [7, 11) is 1.91. The van der Waals surface area contributed by atoms with Crippen LogP contribution in [0.5, 0.6) is 0 Å². The summed E-state index contributed by atoms with van der Waals surface area (Å²) in [6, 6.07) is 5.10. The van der Waals surface area contributed by atoms with Gasteiger partial charge in [-0.05, 0) is 37.2 Å². The van der Waals surface area contributed by atoms with Gasteiger partial charge in [0.25, 0.3) is 0 Å². The van der Waals surface area contributed by atoms with E-state index < -0.39 is 0 Å². The molecule has 1 aromatic carbocycles. The van der Waals surface area contributed by atoms with Crippen molar-refractivity contribution >= 4 is 0 Å². The van der Waals surface area contributed by atoms with Gasteiger partial charge in [0.05, 0.1) is 0 Å². The lowest BCUT2D eigenvalue weighted by molar-refractivity contribution is 0.615. The first-order valence-electron chi connectivity index (χ1n) is 4.84. The number of nitrogens with one attached hydrogen (secondary N) is 2. The molecule has 3 heteroatoms. The zero-order valence-electron chi connectivity index (χ0n) is 8.73. The van der Waals surface area contributed by atoms with Crippen LogP contribution in [0.15, 0.2) is 18.2 Å². The fourth-order valence-corrected chi connectivity index (χ4v) is 1.36. The van der Waals surface area contributed by atoms with Crippen molar-refractivity contribution < 1.29 is 4.39 Å². The largest absolute Gasteiger partial charge is 0.318 e. The molecule has 0 atom stereocenters. The van der Waals surface area contributed by atoms with Crippen molar-refractivity contribution in [1.82, 2.24) is 10.6 Å². The summed E-state index contributed by atoms with van der Waals surface area (Å²) in [5.41, 5.74) is 1.97. The molecule has 0 bridgehead atoms. The third-order valence-corrected chi connectivity index (χ3v) is 1.98. The number of halogens is 1. The zero-order chi connectivity index (χ0) is 10.4. The average molecular weight is 196 g/mol. The lowest BCUT2D eigenvalue weighted by atomic mass is 10.1. The van der Waals surface area contributed by atoms with Crippen LogP contribution in [0, 0.1) is 12.7 Å². The molecule has 0 saturated heterocycles. The second-order valence-corrected chi connectivity index (χ2v) is 3.42. The highest BCUT2D eigenvalue weighted by Crippen LogP contribution is 2.07. The Balaban J connectivity index is 2.42. The quantitative estimate of drug-likeness (QED) is 0.696. The number of benzene rings is 1. The summed E-state index contributed by atoms with van der Waals surface area (Å²) in [5.74, 6) is -0.157. The van der Waals surface area contributed by atoms with Crippen LogP contribution in [0.4, 0.5) is 4.39 Å². The van der Waals surface area contributed by atoms with Crippen LogP contribution in [0.2, 0.25) is 0 Å².